The van der Waals surface area contributed by atoms with Crippen LogP contribution in [0, 0.1) is 13.8 Å². The lowest BCUT2D eigenvalue weighted by atomic mass is 10.0. The Morgan fingerprint density at radius 2 is 1.63 bits per heavy atom. The van der Waals surface area contributed by atoms with E-state index in [0.717, 1.165) is 41.8 Å². The summed E-state index contributed by atoms with van der Waals surface area (Å²) >= 11 is 0. The summed E-state index contributed by atoms with van der Waals surface area (Å²) in [6.45, 7) is 7.59. The Balaban J connectivity index is 1.47. The summed E-state index contributed by atoms with van der Waals surface area (Å²) < 4.78 is 5.95. The van der Waals surface area contributed by atoms with Gasteiger partial charge in [-0.1, -0.05) is 66.2 Å². The number of benzene rings is 3. The zero-order valence-electron chi connectivity index (χ0n) is 18.3. The predicted molar refractivity (Wildman–Crippen MR) is 124 cm³/mol. The maximum Gasteiger partial charge on any atom is 0.122 e. The SMILES string of the molecule is Cc1ccc(CCCNC(C)C(O)c2ccc(OCc3ccccc3)c(C)c2)cc1. The molecule has 0 heterocycles. The molecule has 0 saturated heterocycles. The zero-order chi connectivity index (χ0) is 21.3. The third kappa shape index (κ3) is 6.45. The van der Waals surface area contributed by atoms with Gasteiger partial charge >= 0.3 is 0 Å². The van der Waals surface area contributed by atoms with Crippen LogP contribution in [0.1, 0.15) is 47.3 Å². The van der Waals surface area contributed by atoms with Crippen LogP contribution >= 0.6 is 0 Å². The van der Waals surface area contributed by atoms with Crippen LogP contribution in [-0.4, -0.2) is 17.7 Å². The molecular formula is C27H33NO2. The lowest BCUT2D eigenvalue weighted by molar-refractivity contribution is 0.136. The fraction of sp³-hybridized carbons (Fsp3) is 0.333. The maximum absolute atomic E-state index is 10.8. The van der Waals surface area contributed by atoms with Gasteiger partial charge in [-0.15, -0.1) is 0 Å². The minimum atomic E-state index is -0.550. The first-order chi connectivity index (χ1) is 14.5. The highest BCUT2D eigenvalue weighted by atomic mass is 16.5. The van der Waals surface area contributed by atoms with E-state index in [9.17, 15) is 5.11 Å². The summed E-state index contributed by atoms with van der Waals surface area (Å²) in [6.07, 6.45) is 1.54. The Hall–Kier alpha value is -2.62. The third-order valence-corrected chi connectivity index (χ3v) is 5.48. The first-order valence-corrected chi connectivity index (χ1v) is 10.8. The van der Waals surface area contributed by atoms with Gasteiger partial charge in [0.1, 0.15) is 12.4 Å². The molecule has 2 atom stereocenters. The summed E-state index contributed by atoms with van der Waals surface area (Å²) in [5.41, 5.74) is 5.74. The fourth-order valence-electron chi connectivity index (χ4n) is 3.53. The van der Waals surface area contributed by atoms with Gasteiger partial charge in [-0.3, -0.25) is 0 Å². The summed E-state index contributed by atoms with van der Waals surface area (Å²) in [4.78, 5) is 0. The van der Waals surface area contributed by atoms with Crippen LogP contribution in [0.25, 0.3) is 0 Å². The number of aryl methyl sites for hydroxylation is 3. The molecule has 0 radical (unpaired) electrons. The van der Waals surface area contributed by atoms with E-state index in [1.165, 1.54) is 11.1 Å². The van der Waals surface area contributed by atoms with Gasteiger partial charge in [-0.05, 0) is 74.5 Å². The van der Waals surface area contributed by atoms with Gasteiger partial charge < -0.3 is 15.2 Å². The van der Waals surface area contributed by atoms with Crippen molar-refractivity contribution < 1.29 is 9.84 Å². The predicted octanol–water partition coefficient (Wildman–Crippen LogP) is 5.53. The van der Waals surface area contributed by atoms with Crippen molar-refractivity contribution in [2.75, 3.05) is 6.54 Å². The van der Waals surface area contributed by atoms with Crippen molar-refractivity contribution in [2.45, 2.75) is 52.4 Å². The Kier molecular flexibility index (Phi) is 8.06. The molecule has 158 valence electrons. The van der Waals surface area contributed by atoms with Crippen molar-refractivity contribution in [1.82, 2.24) is 5.32 Å². The Bertz CT molecular complexity index is 906. The van der Waals surface area contributed by atoms with Gasteiger partial charge in [0, 0.05) is 6.04 Å². The van der Waals surface area contributed by atoms with Crippen molar-refractivity contribution in [3.05, 3.63) is 101 Å². The molecule has 3 aromatic carbocycles. The molecule has 0 spiro atoms. The molecule has 0 aliphatic carbocycles. The Morgan fingerprint density at radius 3 is 2.33 bits per heavy atom. The van der Waals surface area contributed by atoms with Crippen molar-refractivity contribution >= 4 is 0 Å². The van der Waals surface area contributed by atoms with E-state index in [4.69, 9.17) is 4.74 Å². The minimum absolute atomic E-state index is 0.0153. The molecular weight excluding hydrogens is 370 g/mol. The fourth-order valence-corrected chi connectivity index (χ4v) is 3.53. The van der Waals surface area contributed by atoms with E-state index in [0.29, 0.717) is 6.61 Å². The van der Waals surface area contributed by atoms with Crippen LogP contribution < -0.4 is 10.1 Å². The first kappa shape index (κ1) is 22.1. The molecule has 3 aromatic rings. The Morgan fingerprint density at radius 1 is 0.900 bits per heavy atom. The van der Waals surface area contributed by atoms with Crippen LogP contribution in [0.2, 0.25) is 0 Å². The van der Waals surface area contributed by atoms with E-state index < -0.39 is 6.10 Å². The van der Waals surface area contributed by atoms with Crippen LogP contribution in [0.15, 0.2) is 72.8 Å². The third-order valence-electron chi connectivity index (χ3n) is 5.48. The van der Waals surface area contributed by atoms with E-state index >= 15 is 0 Å². The van der Waals surface area contributed by atoms with E-state index in [1.54, 1.807) is 0 Å². The van der Waals surface area contributed by atoms with Crippen LogP contribution in [0.5, 0.6) is 5.75 Å². The molecule has 0 amide bonds. The summed E-state index contributed by atoms with van der Waals surface area (Å²) in [5, 5.41) is 14.2. The molecule has 0 saturated carbocycles. The topological polar surface area (TPSA) is 41.5 Å². The normalized spacial score (nSPS) is 13.1. The standard InChI is InChI=1S/C27H33NO2/c1-20-11-13-23(14-12-20)10-7-17-28-22(3)27(29)25-15-16-26(21(2)18-25)30-19-24-8-5-4-6-9-24/h4-6,8-9,11-16,18,22,27-29H,7,10,17,19H2,1-3H3. The van der Waals surface area contributed by atoms with Gasteiger partial charge in [0.15, 0.2) is 0 Å². The molecule has 0 fully saturated rings. The van der Waals surface area contributed by atoms with E-state index in [1.807, 2.05) is 50.2 Å². The van der Waals surface area contributed by atoms with Crippen LogP contribution in [0.4, 0.5) is 0 Å². The lowest BCUT2D eigenvalue weighted by Gasteiger charge is -2.22. The molecule has 3 nitrogen and oxygen atoms in total. The van der Waals surface area contributed by atoms with Crippen molar-refractivity contribution in [3.63, 3.8) is 0 Å². The molecule has 2 unspecified atom stereocenters. The molecule has 2 N–H and O–H groups in total. The van der Waals surface area contributed by atoms with E-state index in [2.05, 4.69) is 48.6 Å². The quantitative estimate of drug-likeness (QED) is 0.438. The smallest absolute Gasteiger partial charge is 0.122 e. The average Bonchev–Trinajstić information content (AvgIpc) is 2.77. The number of rotatable bonds is 10. The lowest BCUT2D eigenvalue weighted by Crippen LogP contribution is -2.33. The van der Waals surface area contributed by atoms with Crippen LogP contribution in [0.3, 0.4) is 0 Å². The summed E-state index contributed by atoms with van der Waals surface area (Å²) in [7, 11) is 0. The molecule has 30 heavy (non-hydrogen) atoms. The average molecular weight is 404 g/mol. The second kappa shape index (κ2) is 11.0. The van der Waals surface area contributed by atoms with Gasteiger partial charge in [0.2, 0.25) is 0 Å². The number of ether oxygens (including phenoxy) is 1. The highest BCUT2D eigenvalue weighted by Crippen LogP contribution is 2.25. The zero-order valence-corrected chi connectivity index (χ0v) is 18.3. The number of aliphatic hydroxyl groups excluding tert-OH is 1. The molecule has 0 aromatic heterocycles. The second-order valence-corrected chi connectivity index (χ2v) is 8.08. The maximum atomic E-state index is 10.8. The molecule has 0 aliphatic rings. The number of nitrogens with one attached hydrogen (secondary N) is 1. The van der Waals surface area contributed by atoms with E-state index in [-0.39, 0.29) is 6.04 Å². The van der Waals surface area contributed by atoms with Crippen LogP contribution in [-0.2, 0) is 13.0 Å². The molecule has 0 aliphatic heterocycles. The van der Waals surface area contributed by atoms with Gasteiger partial charge in [-0.25, -0.2) is 0 Å². The van der Waals surface area contributed by atoms with Crippen molar-refractivity contribution in [1.29, 1.82) is 0 Å². The minimum Gasteiger partial charge on any atom is -0.489 e. The number of hydrogen-bond donors (Lipinski definition) is 2. The molecule has 3 heteroatoms. The molecule has 3 rings (SSSR count). The second-order valence-electron chi connectivity index (χ2n) is 8.08. The molecule has 0 bridgehead atoms. The van der Waals surface area contributed by atoms with Gasteiger partial charge in [0.25, 0.3) is 0 Å². The Labute approximate surface area is 180 Å². The highest BCUT2D eigenvalue weighted by molar-refractivity contribution is 5.37. The van der Waals surface area contributed by atoms with Gasteiger partial charge in [0.05, 0.1) is 6.10 Å². The number of aliphatic hydroxyl groups is 1. The number of hydrogen-bond acceptors (Lipinski definition) is 3. The largest absolute Gasteiger partial charge is 0.489 e. The van der Waals surface area contributed by atoms with Crippen molar-refractivity contribution in [2.24, 2.45) is 0 Å². The monoisotopic (exact) mass is 403 g/mol. The first-order valence-electron chi connectivity index (χ1n) is 10.8. The van der Waals surface area contributed by atoms with Crippen molar-refractivity contribution in [3.8, 4) is 5.75 Å². The summed E-state index contributed by atoms with van der Waals surface area (Å²) in [5.74, 6) is 0.855. The van der Waals surface area contributed by atoms with Gasteiger partial charge in [-0.2, -0.15) is 0 Å². The highest BCUT2D eigenvalue weighted by Gasteiger charge is 2.17. The summed E-state index contributed by atoms with van der Waals surface area (Å²) in [6, 6.07) is 24.8.